The van der Waals surface area contributed by atoms with E-state index in [-0.39, 0.29) is 4.90 Å². The number of amides is 2. The van der Waals surface area contributed by atoms with Gasteiger partial charge in [-0.15, -0.1) is 0 Å². The number of halogens is 1. The van der Waals surface area contributed by atoms with Gasteiger partial charge in [0, 0.05) is 0 Å². The fourth-order valence-electron chi connectivity index (χ4n) is 1.04. The summed E-state index contributed by atoms with van der Waals surface area (Å²) in [6.07, 6.45) is 0. The summed E-state index contributed by atoms with van der Waals surface area (Å²) < 4.78 is 26.0. The van der Waals surface area contributed by atoms with Crippen molar-refractivity contribution in [1.82, 2.24) is 4.72 Å². The minimum Gasteiger partial charge on any atom is -0.306 e. The lowest BCUT2D eigenvalue weighted by atomic mass is 10.3. The molecule has 2 N–H and O–H groups in total. The molecule has 1 atom stereocenters. The van der Waals surface area contributed by atoms with E-state index >= 15 is 0 Å². The van der Waals surface area contributed by atoms with Crippen molar-refractivity contribution in [3.8, 4) is 0 Å². The quantitative estimate of drug-likeness (QED) is 0.656. The lowest BCUT2D eigenvalue weighted by Crippen LogP contribution is -2.35. The Hall–Kier alpha value is -1.43. The van der Waals surface area contributed by atoms with E-state index in [4.69, 9.17) is 0 Å². The van der Waals surface area contributed by atoms with Gasteiger partial charge in [-0.3, -0.25) is 4.72 Å². The molecule has 6 heteroatoms. The number of fused-ring (bicyclic) bond motifs is 1. The maximum absolute atomic E-state index is 12.7. The smallest absolute Gasteiger partial charge is 0.306 e. The Bertz CT molecular complexity index is 407. The molecule has 2 rings (SSSR count). The predicted octanol–water partition coefficient (Wildman–Crippen LogP) is 0.983. The molecular weight excluding hydrogens is 195 g/mol. The van der Waals surface area contributed by atoms with Gasteiger partial charge in [0.05, 0.1) is 10.6 Å². The van der Waals surface area contributed by atoms with Crippen LogP contribution in [-0.2, 0) is 11.0 Å². The number of hydrogen-bond acceptors (Lipinski definition) is 2. The topological polar surface area (TPSA) is 58.2 Å². The monoisotopic (exact) mass is 200 g/mol. The summed E-state index contributed by atoms with van der Waals surface area (Å²) in [5, 5.41) is 2.41. The molecule has 0 aromatic heterocycles. The summed E-state index contributed by atoms with van der Waals surface area (Å²) in [6.45, 7) is 0. The van der Waals surface area contributed by atoms with Crippen LogP contribution in [-0.4, -0.2) is 10.2 Å². The summed E-state index contributed by atoms with van der Waals surface area (Å²) in [4.78, 5) is 11.1. The first kappa shape index (κ1) is 8.18. The fraction of sp³-hybridized carbons (Fsp3) is 0. The summed E-state index contributed by atoms with van der Waals surface area (Å²) in [5.74, 6) is -0.481. The first-order chi connectivity index (χ1) is 6.16. The average Bonchev–Trinajstić information content (AvgIpc) is 2.06. The van der Waals surface area contributed by atoms with Crippen molar-refractivity contribution in [3.05, 3.63) is 24.0 Å². The Kier molecular flexibility index (Phi) is 1.77. The number of rotatable bonds is 0. The van der Waals surface area contributed by atoms with E-state index in [9.17, 15) is 13.4 Å². The Balaban J connectivity index is 2.55. The van der Waals surface area contributed by atoms with Gasteiger partial charge in [0.25, 0.3) is 0 Å². The number of carbonyl (C=O) groups excluding carboxylic acids is 1. The molecule has 1 unspecified atom stereocenters. The first-order valence-electron chi connectivity index (χ1n) is 3.46. The van der Waals surface area contributed by atoms with Crippen LogP contribution in [0.1, 0.15) is 0 Å². The zero-order chi connectivity index (χ0) is 9.42. The number of benzene rings is 1. The predicted molar refractivity (Wildman–Crippen MR) is 45.0 cm³/mol. The van der Waals surface area contributed by atoms with Crippen molar-refractivity contribution in [1.29, 1.82) is 0 Å². The Morgan fingerprint density at radius 2 is 2.15 bits per heavy atom. The van der Waals surface area contributed by atoms with E-state index < -0.39 is 22.8 Å². The van der Waals surface area contributed by atoms with Gasteiger partial charge in [0.15, 0.2) is 11.0 Å². The van der Waals surface area contributed by atoms with Gasteiger partial charge in [-0.1, -0.05) is 0 Å². The second-order valence-electron chi connectivity index (χ2n) is 2.47. The molecule has 1 aromatic rings. The van der Waals surface area contributed by atoms with E-state index in [1.165, 1.54) is 12.1 Å². The summed E-state index contributed by atoms with van der Waals surface area (Å²) in [7, 11) is -1.66. The number of nitrogens with one attached hydrogen (secondary N) is 2. The molecule has 0 bridgehead atoms. The largest absolute Gasteiger partial charge is 0.331 e. The van der Waals surface area contributed by atoms with Crippen LogP contribution in [0.25, 0.3) is 0 Å². The minimum absolute atomic E-state index is 0.250. The normalized spacial score (nSPS) is 20.1. The maximum atomic E-state index is 12.7. The van der Waals surface area contributed by atoms with Crippen molar-refractivity contribution in [3.63, 3.8) is 0 Å². The van der Waals surface area contributed by atoms with Gasteiger partial charge < -0.3 is 5.32 Å². The van der Waals surface area contributed by atoms with Crippen molar-refractivity contribution in [2.75, 3.05) is 5.32 Å². The van der Waals surface area contributed by atoms with Gasteiger partial charge in [-0.2, -0.15) is 0 Å². The summed E-state index contributed by atoms with van der Waals surface area (Å²) in [5.41, 5.74) is 0.378. The molecule has 0 aliphatic carbocycles. The number of urea groups is 1. The van der Waals surface area contributed by atoms with Crippen LogP contribution >= 0.6 is 0 Å². The van der Waals surface area contributed by atoms with Crippen molar-refractivity contribution in [2.24, 2.45) is 0 Å². The zero-order valence-electron chi connectivity index (χ0n) is 6.33. The minimum atomic E-state index is -1.66. The Morgan fingerprint density at radius 3 is 2.92 bits per heavy atom. The third kappa shape index (κ3) is 1.40. The van der Waals surface area contributed by atoms with Crippen LogP contribution in [0.3, 0.4) is 0 Å². The molecule has 0 fully saturated rings. The highest BCUT2D eigenvalue weighted by Crippen LogP contribution is 2.22. The molecule has 0 saturated carbocycles. The second kappa shape index (κ2) is 2.81. The first-order valence-corrected chi connectivity index (χ1v) is 4.61. The highest BCUT2D eigenvalue weighted by atomic mass is 32.2. The second-order valence-corrected chi connectivity index (χ2v) is 3.65. The van der Waals surface area contributed by atoms with E-state index in [1.54, 1.807) is 0 Å². The lowest BCUT2D eigenvalue weighted by Gasteiger charge is -2.16. The lowest BCUT2D eigenvalue weighted by molar-refractivity contribution is 0.256. The zero-order valence-corrected chi connectivity index (χ0v) is 7.15. The summed E-state index contributed by atoms with van der Waals surface area (Å²) >= 11 is 0. The fourth-order valence-corrected chi connectivity index (χ4v) is 1.91. The van der Waals surface area contributed by atoms with Gasteiger partial charge >= 0.3 is 6.03 Å². The van der Waals surface area contributed by atoms with E-state index in [0.29, 0.717) is 5.69 Å². The maximum Gasteiger partial charge on any atom is 0.331 e. The molecule has 1 aliphatic heterocycles. The molecule has 68 valence electrons. The molecule has 13 heavy (non-hydrogen) atoms. The molecule has 1 aliphatic rings. The number of anilines is 1. The molecule has 1 heterocycles. The van der Waals surface area contributed by atoms with Gasteiger partial charge in [-0.25, -0.2) is 13.4 Å². The van der Waals surface area contributed by atoms with Crippen LogP contribution in [0.5, 0.6) is 0 Å². The molecule has 0 saturated heterocycles. The van der Waals surface area contributed by atoms with Crippen molar-refractivity contribution in [2.45, 2.75) is 4.90 Å². The molecule has 0 radical (unpaired) electrons. The molecule has 1 aromatic carbocycles. The highest BCUT2D eigenvalue weighted by molar-refractivity contribution is 7.84. The average molecular weight is 200 g/mol. The Labute approximate surface area is 75.7 Å². The summed E-state index contributed by atoms with van der Waals surface area (Å²) in [6, 6.07) is 3.15. The third-order valence-corrected chi connectivity index (χ3v) is 2.69. The highest BCUT2D eigenvalue weighted by Gasteiger charge is 2.20. The van der Waals surface area contributed by atoms with Crippen LogP contribution in [0.2, 0.25) is 0 Å². The number of carbonyl (C=O) groups is 1. The van der Waals surface area contributed by atoms with Crippen LogP contribution < -0.4 is 10.0 Å². The van der Waals surface area contributed by atoms with Gasteiger partial charge in [-0.05, 0) is 18.2 Å². The van der Waals surface area contributed by atoms with Crippen LogP contribution in [0, 0.1) is 5.82 Å². The van der Waals surface area contributed by atoms with Crippen LogP contribution in [0.15, 0.2) is 23.1 Å². The standard InChI is InChI=1S/C7H5FN2O2S/c8-4-1-2-5-6(3-4)13(12)10-7(11)9-5/h1-3H,(H2,9,10,11). The SMILES string of the molecule is O=C1Nc2ccc(F)cc2S(=O)N1. The van der Waals surface area contributed by atoms with Gasteiger partial charge in [0.2, 0.25) is 0 Å². The van der Waals surface area contributed by atoms with Gasteiger partial charge in [0.1, 0.15) is 5.82 Å². The molecule has 0 spiro atoms. The van der Waals surface area contributed by atoms with Crippen LogP contribution in [0.4, 0.5) is 14.9 Å². The van der Waals surface area contributed by atoms with E-state index in [1.807, 2.05) is 0 Å². The molecule has 2 amide bonds. The molecule has 4 nitrogen and oxygen atoms in total. The van der Waals surface area contributed by atoms with Crippen molar-refractivity contribution >= 4 is 22.7 Å². The van der Waals surface area contributed by atoms with E-state index in [0.717, 1.165) is 6.07 Å². The van der Waals surface area contributed by atoms with E-state index in [2.05, 4.69) is 10.0 Å². The molecular formula is C7H5FN2O2S. The van der Waals surface area contributed by atoms with Crippen molar-refractivity contribution < 1.29 is 13.4 Å². The third-order valence-electron chi connectivity index (χ3n) is 1.58. The number of hydrogen-bond donors (Lipinski definition) is 2. The Morgan fingerprint density at radius 1 is 1.38 bits per heavy atom.